The summed E-state index contributed by atoms with van der Waals surface area (Å²) < 4.78 is 27.3. The molecule has 0 bridgehead atoms. The minimum atomic E-state index is -0.444. The lowest BCUT2D eigenvalue weighted by Crippen LogP contribution is -1.87. The monoisotopic (exact) mass is 348 g/mol. The lowest BCUT2D eigenvalue weighted by Gasteiger charge is -2.06. The largest absolute Gasteiger partial charge is 0.207 e. The van der Waals surface area contributed by atoms with Crippen molar-refractivity contribution >= 4 is 39.3 Å². The van der Waals surface area contributed by atoms with Gasteiger partial charge in [0.25, 0.3) is 0 Å². The summed E-state index contributed by atoms with van der Waals surface area (Å²) in [5.41, 5.74) is 0.883. The zero-order chi connectivity index (χ0) is 13.1. The molecule has 5 heteroatoms. The third-order valence-corrected chi connectivity index (χ3v) is 4.22. The summed E-state index contributed by atoms with van der Waals surface area (Å²) in [6.07, 6.45) is 0. The van der Waals surface area contributed by atoms with E-state index in [1.165, 1.54) is 17.8 Å². The summed E-state index contributed by atoms with van der Waals surface area (Å²) in [4.78, 5) is 0.286. The van der Waals surface area contributed by atoms with Gasteiger partial charge in [0.15, 0.2) is 0 Å². The Bertz CT molecular complexity index is 575. The van der Waals surface area contributed by atoms with Crippen molar-refractivity contribution in [3.05, 3.63) is 63.1 Å². The Morgan fingerprint density at radius 3 is 2.61 bits per heavy atom. The molecule has 0 fully saturated rings. The first-order valence-electron chi connectivity index (χ1n) is 5.08. The average Bonchev–Trinajstić information content (AvgIpc) is 2.32. The minimum absolute atomic E-state index is 0.286. The van der Waals surface area contributed by atoms with Crippen LogP contribution in [0.15, 0.2) is 45.8 Å². The van der Waals surface area contributed by atoms with Crippen LogP contribution in [0.4, 0.5) is 8.78 Å². The molecule has 2 aromatic carbocycles. The number of hydrogen-bond acceptors (Lipinski definition) is 1. The standard InChI is InChI=1S/C13H8BrClF2S/c14-9-2-1-8(11(15)5-9)7-18-13-6-10(16)3-4-12(13)17/h1-6H,7H2. The Kier molecular flexibility index (Phi) is 4.65. The van der Waals surface area contributed by atoms with Gasteiger partial charge in [0, 0.05) is 20.1 Å². The molecule has 0 N–H and O–H groups in total. The molecule has 94 valence electrons. The maximum absolute atomic E-state index is 13.4. The van der Waals surface area contributed by atoms with Crippen molar-refractivity contribution in [1.82, 2.24) is 0 Å². The van der Waals surface area contributed by atoms with Crippen LogP contribution in [0.3, 0.4) is 0 Å². The van der Waals surface area contributed by atoms with Crippen molar-refractivity contribution in [3.8, 4) is 0 Å². The topological polar surface area (TPSA) is 0 Å². The molecule has 2 rings (SSSR count). The lowest BCUT2D eigenvalue weighted by molar-refractivity contribution is 0.577. The molecule has 0 heterocycles. The number of hydrogen-bond donors (Lipinski definition) is 0. The molecule has 0 radical (unpaired) electrons. The Morgan fingerprint density at radius 1 is 1.11 bits per heavy atom. The Hall–Kier alpha value is -0.580. The van der Waals surface area contributed by atoms with Crippen LogP contribution in [0.5, 0.6) is 0 Å². The Labute approximate surface area is 121 Å². The summed E-state index contributed by atoms with van der Waals surface area (Å²) in [5, 5.41) is 0.605. The maximum Gasteiger partial charge on any atom is 0.136 e. The predicted octanol–water partition coefficient (Wildman–Crippen LogP) is 5.67. The fraction of sp³-hybridized carbons (Fsp3) is 0.0769. The van der Waals surface area contributed by atoms with E-state index in [9.17, 15) is 8.78 Å². The molecule has 0 aliphatic heterocycles. The molecule has 0 aliphatic carbocycles. The van der Waals surface area contributed by atoms with Gasteiger partial charge in [-0.1, -0.05) is 33.6 Å². The third-order valence-electron chi connectivity index (χ3n) is 2.29. The van der Waals surface area contributed by atoms with E-state index in [1.807, 2.05) is 12.1 Å². The molecule has 18 heavy (non-hydrogen) atoms. The van der Waals surface area contributed by atoms with Gasteiger partial charge in [-0.3, -0.25) is 0 Å². The van der Waals surface area contributed by atoms with Crippen LogP contribution in [0.1, 0.15) is 5.56 Å². The van der Waals surface area contributed by atoms with Gasteiger partial charge in [0.2, 0.25) is 0 Å². The van der Waals surface area contributed by atoms with Gasteiger partial charge in [-0.25, -0.2) is 8.78 Å². The number of halogens is 4. The first kappa shape index (κ1) is 13.8. The van der Waals surface area contributed by atoms with Crippen LogP contribution in [-0.4, -0.2) is 0 Å². The molecule has 0 aliphatic rings. The van der Waals surface area contributed by atoms with E-state index < -0.39 is 11.6 Å². The van der Waals surface area contributed by atoms with Crippen LogP contribution in [0.2, 0.25) is 5.02 Å². The molecule has 0 saturated heterocycles. The van der Waals surface area contributed by atoms with Crippen molar-refractivity contribution in [2.75, 3.05) is 0 Å². The van der Waals surface area contributed by atoms with E-state index in [2.05, 4.69) is 15.9 Å². The number of benzene rings is 2. The smallest absolute Gasteiger partial charge is 0.136 e. The van der Waals surface area contributed by atoms with Crippen LogP contribution >= 0.6 is 39.3 Å². The van der Waals surface area contributed by atoms with Crippen molar-refractivity contribution in [3.63, 3.8) is 0 Å². The highest BCUT2D eigenvalue weighted by Crippen LogP contribution is 2.30. The van der Waals surface area contributed by atoms with Crippen LogP contribution < -0.4 is 0 Å². The van der Waals surface area contributed by atoms with E-state index >= 15 is 0 Å². The van der Waals surface area contributed by atoms with Crippen LogP contribution in [0.25, 0.3) is 0 Å². The second kappa shape index (κ2) is 6.04. The van der Waals surface area contributed by atoms with Gasteiger partial charge < -0.3 is 0 Å². The van der Waals surface area contributed by atoms with Gasteiger partial charge >= 0.3 is 0 Å². The van der Waals surface area contributed by atoms with Crippen LogP contribution in [-0.2, 0) is 5.75 Å². The third kappa shape index (κ3) is 3.46. The zero-order valence-corrected chi connectivity index (χ0v) is 12.2. The van der Waals surface area contributed by atoms with Crippen molar-refractivity contribution in [2.45, 2.75) is 10.6 Å². The second-order valence-corrected chi connectivity index (χ2v) is 5.94. The molecule has 0 atom stereocenters. The Morgan fingerprint density at radius 2 is 1.89 bits per heavy atom. The number of rotatable bonds is 3. The molecule has 2 aromatic rings. The van der Waals surface area contributed by atoms with Gasteiger partial charge in [0.05, 0.1) is 0 Å². The molecule has 0 spiro atoms. The minimum Gasteiger partial charge on any atom is -0.207 e. The highest BCUT2D eigenvalue weighted by Gasteiger charge is 2.07. The van der Waals surface area contributed by atoms with Gasteiger partial charge in [0.1, 0.15) is 11.6 Å². The highest BCUT2D eigenvalue weighted by molar-refractivity contribution is 9.10. The summed E-state index contributed by atoms with van der Waals surface area (Å²) in [7, 11) is 0. The lowest BCUT2D eigenvalue weighted by atomic mass is 10.2. The summed E-state index contributed by atoms with van der Waals surface area (Å²) in [6.45, 7) is 0. The van der Waals surface area contributed by atoms with E-state index in [1.54, 1.807) is 6.07 Å². The fourth-order valence-electron chi connectivity index (χ4n) is 1.38. The van der Waals surface area contributed by atoms with Crippen molar-refractivity contribution in [1.29, 1.82) is 0 Å². The highest BCUT2D eigenvalue weighted by atomic mass is 79.9. The van der Waals surface area contributed by atoms with E-state index in [0.29, 0.717) is 10.8 Å². The molecule has 0 nitrogen and oxygen atoms in total. The molecule has 0 amide bonds. The first-order chi connectivity index (χ1) is 8.56. The summed E-state index contributed by atoms with van der Waals surface area (Å²) >= 11 is 10.6. The molecule has 0 unspecified atom stereocenters. The van der Waals surface area contributed by atoms with Crippen molar-refractivity contribution in [2.24, 2.45) is 0 Å². The van der Waals surface area contributed by atoms with Gasteiger partial charge in [-0.2, -0.15) is 0 Å². The molecule has 0 aromatic heterocycles. The van der Waals surface area contributed by atoms with Gasteiger partial charge in [-0.15, -0.1) is 11.8 Å². The second-order valence-electron chi connectivity index (χ2n) is 3.60. The molecular weight excluding hydrogens is 342 g/mol. The number of thioether (sulfide) groups is 1. The average molecular weight is 350 g/mol. The molecule has 0 saturated carbocycles. The normalized spacial score (nSPS) is 10.7. The fourth-order valence-corrected chi connectivity index (χ4v) is 3.17. The summed E-state index contributed by atoms with van der Waals surface area (Å²) in [5.74, 6) is -0.373. The van der Waals surface area contributed by atoms with E-state index in [-0.39, 0.29) is 4.90 Å². The quantitative estimate of drug-likeness (QED) is 0.643. The Balaban J connectivity index is 2.13. The van der Waals surface area contributed by atoms with E-state index in [4.69, 9.17) is 11.6 Å². The first-order valence-corrected chi connectivity index (χ1v) is 7.23. The molecular formula is C13H8BrClF2S. The SMILES string of the molecule is Fc1ccc(F)c(SCc2ccc(Br)cc2Cl)c1. The maximum atomic E-state index is 13.4. The zero-order valence-electron chi connectivity index (χ0n) is 9.09. The van der Waals surface area contributed by atoms with Crippen molar-refractivity contribution < 1.29 is 8.78 Å². The predicted molar refractivity (Wildman–Crippen MR) is 75.1 cm³/mol. The van der Waals surface area contributed by atoms with E-state index in [0.717, 1.165) is 22.2 Å². The summed E-state index contributed by atoms with van der Waals surface area (Å²) in [6, 6.07) is 8.92. The van der Waals surface area contributed by atoms with Gasteiger partial charge in [-0.05, 0) is 35.9 Å². The van der Waals surface area contributed by atoms with Crippen LogP contribution in [0, 0.1) is 11.6 Å².